The molecule has 0 spiro atoms. The average molecular weight is 163 g/mol. The Bertz CT molecular complexity index is 292. The second-order valence-electron chi connectivity index (χ2n) is 2.61. The third-order valence-corrected chi connectivity index (χ3v) is 1.59. The molecule has 0 amide bonds. The molecule has 0 aliphatic carbocycles. The van der Waals surface area contributed by atoms with Crippen LogP contribution in [0.5, 0.6) is 0 Å². The first-order valence-corrected chi connectivity index (χ1v) is 3.83. The Balaban J connectivity index is 2.89. The molecule has 0 saturated carbocycles. The summed E-state index contributed by atoms with van der Waals surface area (Å²) in [5, 5.41) is 0. The Kier molecular flexibility index (Phi) is 2.82. The Hall–Kier alpha value is -1.35. The normalized spacial score (nSPS) is 10.8. The van der Waals surface area contributed by atoms with Gasteiger partial charge < -0.3 is 11.5 Å². The Morgan fingerprint density at radius 3 is 2.92 bits per heavy atom. The van der Waals surface area contributed by atoms with Gasteiger partial charge in [0, 0.05) is 12.7 Å². The smallest absolute Gasteiger partial charge is 0.126 e. The van der Waals surface area contributed by atoms with Crippen LogP contribution in [-0.2, 0) is 0 Å². The molecule has 0 radical (unpaired) electrons. The first-order chi connectivity index (χ1) is 5.74. The molecule has 0 saturated heterocycles. The van der Waals surface area contributed by atoms with Crippen molar-refractivity contribution in [2.75, 3.05) is 12.3 Å². The van der Waals surface area contributed by atoms with Gasteiger partial charge in [-0.3, -0.25) is 0 Å². The van der Waals surface area contributed by atoms with E-state index >= 15 is 0 Å². The number of hydrogen-bond donors (Lipinski definition) is 2. The third-order valence-electron chi connectivity index (χ3n) is 1.59. The minimum Gasteiger partial charge on any atom is -0.383 e. The highest BCUT2D eigenvalue weighted by Gasteiger charge is 1.93. The first-order valence-electron chi connectivity index (χ1n) is 3.83. The maximum atomic E-state index is 5.56. The topological polar surface area (TPSA) is 64.9 Å². The number of anilines is 1. The molecule has 0 atom stereocenters. The number of aromatic nitrogens is 1. The number of pyridine rings is 1. The van der Waals surface area contributed by atoms with E-state index in [0.717, 1.165) is 11.1 Å². The van der Waals surface area contributed by atoms with Gasteiger partial charge in [0.05, 0.1) is 0 Å². The molecule has 3 heteroatoms. The number of nitrogens with two attached hydrogens (primary N) is 2. The molecule has 0 aliphatic rings. The molecule has 1 aromatic rings. The van der Waals surface area contributed by atoms with Crippen molar-refractivity contribution >= 4 is 11.9 Å². The number of nitrogens with zero attached hydrogens (tertiary/aromatic N) is 1. The van der Waals surface area contributed by atoms with Gasteiger partial charge in [0.2, 0.25) is 0 Å². The summed E-state index contributed by atoms with van der Waals surface area (Å²) in [4.78, 5) is 4.02. The van der Waals surface area contributed by atoms with E-state index in [2.05, 4.69) is 4.98 Å². The first kappa shape index (κ1) is 8.74. The van der Waals surface area contributed by atoms with Crippen molar-refractivity contribution in [3.8, 4) is 0 Å². The standard InChI is InChI=1S/C9H13N3/c1-7-5-8(3-2-4-10)6-12-9(7)11/h2-3,5-6H,4,10H2,1H3,(H2,11,12). The molecular formula is C9H13N3. The third kappa shape index (κ3) is 2.07. The molecule has 0 aromatic carbocycles. The van der Waals surface area contributed by atoms with E-state index in [9.17, 15) is 0 Å². The van der Waals surface area contributed by atoms with Crippen LogP contribution >= 0.6 is 0 Å². The lowest BCUT2D eigenvalue weighted by atomic mass is 10.2. The van der Waals surface area contributed by atoms with Gasteiger partial charge in [-0.1, -0.05) is 12.2 Å². The quantitative estimate of drug-likeness (QED) is 0.682. The van der Waals surface area contributed by atoms with E-state index in [1.54, 1.807) is 6.20 Å². The largest absolute Gasteiger partial charge is 0.383 e. The van der Waals surface area contributed by atoms with Gasteiger partial charge in [0.15, 0.2) is 0 Å². The van der Waals surface area contributed by atoms with Gasteiger partial charge in [-0.25, -0.2) is 4.98 Å². The fraction of sp³-hybridized carbons (Fsp3) is 0.222. The highest BCUT2D eigenvalue weighted by atomic mass is 14.8. The number of aryl methyl sites for hydroxylation is 1. The van der Waals surface area contributed by atoms with Crippen molar-refractivity contribution < 1.29 is 0 Å². The highest BCUT2D eigenvalue weighted by Crippen LogP contribution is 2.09. The Labute approximate surface area is 72.1 Å². The van der Waals surface area contributed by atoms with E-state index in [0.29, 0.717) is 12.4 Å². The van der Waals surface area contributed by atoms with Gasteiger partial charge in [0.25, 0.3) is 0 Å². The summed E-state index contributed by atoms with van der Waals surface area (Å²) in [6, 6.07) is 1.98. The summed E-state index contributed by atoms with van der Waals surface area (Å²) in [5.41, 5.74) is 12.9. The molecular weight excluding hydrogens is 150 g/mol. The summed E-state index contributed by atoms with van der Waals surface area (Å²) in [5.74, 6) is 0.583. The van der Waals surface area contributed by atoms with Gasteiger partial charge in [0.1, 0.15) is 5.82 Å². The molecule has 64 valence electrons. The van der Waals surface area contributed by atoms with Gasteiger partial charge in [-0.15, -0.1) is 0 Å². The van der Waals surface area contributed by atoms with Crippen molar-refractivity contribution in [2.24, 2.45) is 5.73 Å². The van der Waals surface area contributed by atoms with E-state index in [1.807, 2.05) is 25.1 Å². The van der Waals surface area contributed by atoms with Crippen molar-refractivity contribution in [1.82, 2.24) is 4.98 Å². The zero-order chi connectivity index (χ0) is 8.97. The van der Waals surface area contributed by atoms with Crippen molar-refractivity contribution in [3.63, 3.8) is 0 Å². The zero-order valence-electron chi connectivity index (χ0n) is 7.12. The molecule has 0 unspecified atom stereocenters. The van der Waals surface area contributed by atoms with Gasteiger partial charge in [-0.2, -0.15) is 0 Å². The number of nitrogen functional groups attached to an aromatic ring is 1. The molecule has 4 N–H and O–H groups in total. The second kappa shape index (κ2) is 3.88. The van der Waals surface area contributed by atoms with E-state index < -0.39 is 0 Å². The molecule has 1 aromatic heterocycles. The molecule has 1 heterocycles. The van der Waals surface area contributed by atoms with Crippen LogP contribution in [-0.4, -0.2) is 11.5 Å². The SMILES string of the molecule is Cc1cc(C=CCN)cnc1N. The molecule has 1 rings (SSSR count). The molecule has 0 fully saturated rings. The van der Waals surface area contributed by atoms with Crippen molar-refractivity contribution in [3.05, 3.63) is 29.5 Å². The second-order valence-corrected chi connectivity index (χ2v) is 2.61. The Morgan fingerprint density at radius 1 is 1.58 bits per heavy atom. The van der Waals surface area contributed by atoms with E-state index in [-0.39, 0.29) is 0 Å². The van der Waals surface area contributed by atoms with Crippen LogP contribution in [0.3, 0.4) is 0 Å². The highest BCUT2D eigenvalue weighted by molar-refractivity contribution is 5.53. The van der Waals surface area contributed by atoms with Crippen LogP contribution in [0.15, 0.2) is 18.3 Å². The maximum Gasteiger partial charge on any atom is 0.126 e. The zero-order valence-corrected chi connectivity index (χ0v) is 7.12. The fourth-order valence-corrected chi connectivity index (χ4v) is 0.902. The lowest BCUT2D eigenvalue weighted by Crippen LogP contribution is -1.95. The average Bonchev–Trinajstić information content (AvgIpc) is 2.07. The summed E-state index contributed by atoms with van der Waals surface area (Å²) in [6.45, 7) is 2.48. The maximum absolute atomic E-state index is 5.56. The monoisotopic (exact) mass is 163 g/mol. The van der Waals surface area contributed by atoms with Crippen molar-refractivity contribution in [2.45, 2.75) is 6.92 Å². The summed E-state index contributed by atoms with van der Waals surface area (Å²) in [7, 11) is 0. The number of rotatable bonds is 2. The minimum atomic E-state index is 0.545. The molecule has 3 nitrogen and oxygen atoms in total. The summed E-state index contributed by atoms with van der Waals surface area (Å²) < 4.78 is 0. The van der Waals surface area contributed by atoms with Gasteiger partial charge >= 0.3 is 0 Å². The van der Waals surface area contributed by atoms with Crippen LogP contribution in [0, 0.1) is 6.92 Å². The van der Waals surface area contributed by atoms with Crippen LogP contribution in [0.25, 0.3) is 6.08 Å². The van der Waals surface area contributed by atoms with E-state index in [4.69, 9.17) is 11.5 Å². The minimum absolute atomic E-state index is 0.545. The Morgan fingerprint density at radius 2 is 2.33 bits per heavy atom. The van der Waals surface area contributed by atoms with Gasteiger partial charge in [-0.05, 0) is 24.1 Å². The van der Waals surface area contributed by atoms with Crippen LogP contribution in [0.1, 0.15) is 11.1 Å². The van der Waals surface area contributed by atoms with Crippen LogP contribution in [0.4, 0.5) is 5.82 Å². The summed E-state index contributed by atoms with van der Waals surface area (Å²) in [6.07, 6.45) is 5.54. The van der Waals surface area contributed by atoms with Crippen LogP contribution in [0.2, 0.25) is 0 Å². The lowest BCUT2D eigenvalue weighted by Gasteiger charge is -1.98. The van der Waals surface area contributed by atoms with Crippen molar-refractivity contribution in [1.29, 1.82) is 0 Å². The molecule has 0 aliphatic heterocycles. The molecule has 12 heavy (non-hydrogen) atoms. The predicted octanol–water partition coefficient (Wildman–Crippen LogP) is 0.944. The number of hydrogen-bond acceptors (Lipinski definition) is 3. The molecule has 0 bridgehead atoms. The summed E-state index contributed by atoms with van der Waals surface area (Å²) >= 11 is 0. The lowest BCUT2D eigenvalue weighted by molar-refractivity contribution is 1.25. The van der Waals surface area contributed by atoms with Crippen LogP contribution < -0.4 is 11.5 Å². The van der Waals surface area contributed by atoms with E-state index in [1.165, 1.54) is 0 Å². The fourth-order valence-electron chi connectivity index (χ4n) is 0.902. The predicted molar refractivity (Wildman–Crippen MR) is 51.5 cm³/mol.